The summed E-state index contributed by atoms with van der Waals surface area (Å²) in [4.78, 5) is 14.9. The fourth-order valence-corrected chi connectivity index (χ4v) is 4.94. The van der Waals surface area contributed by atoms with Crippen LogP contribution in [-0.2, 0) is 24.3 Å². The maximum Gasteiger partial charge on any atom is 0.235 e. The average molecular weight is 487 g/mol. The third kappa shape index (κ3) is 6.11. The van der Waals surface area contributed by atoms with Gasteiger partial charge in [0.15, 0.2) is 11.0 Å². The fourth-order valence-electron chi connectivity index (χ4n) is 3.95. The number of hydrogen-bond donors (Lipinski definition) is 0. The first-order chi connectivity index (χ1) is 17.1. The van der Waals surface area contributed by atoms with Crippen molar-refractivity contribution in [1.29, 1.82) is 0 Å². The van der Waals surface area contributed by atoms with E-state index in [4.69, 9.17) is 4.74 Å². The molecule has 4 aromatic rings. The van der Waals surface area contributed by atoms with E-state index in [1.807, 2.05) is 86.8 Å². The van der Waals surface area contributed by atoms with E-state index < -0.39 is 0 Å². The van der Waals surface area contributed by atoms with Gasteiger partial charge in [0.05, 0.1) is 17.9 Å². The minimum atomic E-state index is -0.311. The first kappa shape index (κ1) is 24.5. The smallest absolute Gasteiger partial charge is 0.235 e. The molecule has 0 bridgehead atoms. The Balaban J connectivity index is 1.57. The molecule has 0 N–H and O–H groups in total. The molecule has 0 aliphatic carbocycles. The Morgan fingerprint density at radius 1 is 0.943 bits per heavy atom. The molecule has 0 fully saturated rings. The molecule has 1 unspecified atom stereocenters. The largest absolute Gasteiger partial charge is 0.496 e. The molecule has 6 nitrogen and oxygen atoms in total. The molecule has 1 amide bonds. The zero-order valence-corrected chi connectivity index (χ0v) is 21.1. The number of hydrogen-bond acceptors (Lipinski definition) is 5. The van der Waals surface area contributed by atoms with Crippen LogP contribution in [0, 0.1) is 0 Å². The lowest BCUT2D eigenvalue weighted by molar-refractivity contribution is -0.129. The van der Waals surface area contributed by atoms with Crippen LogP contribution >= 0.6 is 11.8 Å². The second kappa shape index (κ2) is 11.7. The number of aryl methyl sites for hydroxylation is 1. The molecule has 1 atom stereocenters. The number of benzene rings is 3. The predicted molar refractivity (Wildman–Crippen MR) is 140 cm³/mol. The number of carbonyl (C=O) groups excluding carboxylic acids is 1. The number of methoxy groups -OCH3 is 1. The van der Waals surface area contributed by atoms with Crippen LogP contribution in [-0.4, -0.2) is 45.0 Å². The number of carbonyl (C=O) groups is 1. The van der Waals surface area contributed by atoms with Crippen molar-refractivity contribution < 1.29 is 9.53 Å². The summed E-state index contributed by atoms with van der Waals surface area (Å²) in [5.74, 6) is 1.53. The highest BCUT2D eigenvalue weighted by Gasteiger charge is 2.24. The Labute approximate surface area is 211 Å². The van der Waals surface area contributed by atoms with Gasteiger partial charge in [-0.25, -0.2) is 0 Å². The molecule has 0 saturated carbocycles. The molecule has 4 rings (SSSR count). The first-order valence-electron chi connectivity index (χ1n) is 11.6. The van der Waals surface area contributed by atoms with E-state index in [1.165, 1.54) is 17.3 Å². The molecular formula is C28H30N4O2S. The van der Waals surface area contributed by atoms with E-state index >= 15 is 0 Å². The predicted octanol–water partition coefficient (Wildman–Crippen LogP) is 5.34. The zero-order valence-electron chi connectivity index (χ0n) is 20.3. The van der Waals surface area contributed by atoms with Crippen LogP contribution in [0.1, 0.15) is 18.1 Å². The standard InChI is InChI=1S/C28H30N4O2S/c1-21(27(33)31(2)20-23-14-8-5-9-15-23)35-28-30-29-26(24-16-10-11-17-25(24)34-3)32(28)19-18-22-12-6-4-7-13-22/h4-17,21H,18-20H2,1-3H3. The highest BCUT2D eigenvalue weighted by Crippen LogP contribution is 2.32. The molecule has 1 aromatic heterocycles. The number of nitrogens with zero attached hydrogens (tertiary/aromatic N) is 4. The van der Waals surface area contributed by atoms with Crippen LogP contribution in [0.2, 0.25) is 0 Å². The van der Waals surface area contributed by atoms with Crippen molar-refractivity contribution in [2.75, 3.05) is 14.2 Å². The van der Waals surface area contributed by atoms with Gasteiger partial charge in [-0.15, -0.1) is 10.2 Å². The van der Waals surface area contributed by atoms with Crippen LogP contribution in [0.25, 0.3) is 11.4 Å². The van der Waals surface area contributed by atoms with Gasteiger partial charge in [-0.05, 0) is 36.6 Å². The molecule has 180 valence electrons. The number of para-hydroxylation sites is 1. The highest BCUT2D eigenvalue weighted by atomic mass is 32.2. The fraction of sp³-hybridized carbons (Fsp3) is 0.250. The number of thioether (sulfide) groups is 1. The van der Waals surface area contributed by atoms with E-state index in [9.17, 15) is 4.79 Å². The van der Waals surface area contributed by atoms with Crippen LogP contribution in [0.3, 0.4) is 0 Å². The van der Waals surface area contributed by atoms with Crippen molar-refractivity contribution in [2.24, 2.45) is 0 Å². The molecule has 35 heavy (non-hydrogen) atoms. The Morgan fingerprint density at radius 3 is 2.26 bits per heavy atom. The summed E-state index contributed by atoms with van der Waals surface area (Å²) in [6.07, 6.45) is 0.824. The topological polar surface area (TPSA) is 60.3 Å². The summed E-state index contributed by atoms with van der Waals surface area (Å²) >= 11 is 1.44. The van der Waals surface area contributed by atoms with Crippen molar-refractivity contribution in [1.82, 2.24) is 19.7 Å². The van der Waals surface area contributed by atoms with Crippen molar-refractivity contribution >= 4 is 17.7 Å². The zero-order chi connectivity index (χ0) is 24.6. The van der Waals surface area contributed by atoms with E-state index in [0.717, 1.165) is 34.3 Å². The molecule has 0 aliphatic heterocycles. The molecule has 0 radical (unpaired) electrons. The van der Waals surface area contributed by atoms with Gasteiger partial charge >= 0.3 is 0 Å². The maximum atomic E-state index is 13.1. The van der Waals surface area contributed by atoms with Crippen molar-refractivity contribution in [3.8, 4) is 17.1 Å². The van der Waals surface area contributed by atoms with Gasteiger partial charge in [0, 0.05) is 20.1 Å². The summed E-state index contributed by atoms with van der Waals surface area (Å²) < 4.78 is 7.68. The van der Waals surface area contributed by atoms with Crippen LogP contribution in [0.4, 0.5) is 0 Å². The average Bonchev–Trinajstić information content (AvgIpc) is 3.29. The van der Waals surface area contributed by atoms with Crippen LogP contribution < -0.4 is 4.74 Å². The number of ether oxygens (including phenoxy) is 1. The normalized spacial score (nSPS) is 11.7. The number of amides is 1. The minimum Gasteiger partial charge on any atom is -0.496 e. The summed E-state index contributed by atoms with van der Waals surface area (Å²) in [7, 11) is 3.50. The summed E-state index contributed by atoms with van der Waals surface area (Å²) in [6.45, 7) is 3.18. The van der Waals surface area contributed by atoms with E-state index in [2.05, 4.69) is 26.9 Å². The van der Waals surface area contributed by atoms with Gasteiger partial charge in [-0.1, -0.05) is 84.6 Å². The second-order valence-electron chi connectivity index (χ2n) is 8.33. The van der Waals surface area contributed by atoms with Gasteiger partial charge in [0.25, 0.3) is 0 Å². The molecule has 0 spiro atoms. The summed E-state index contributed by atoms with van der Waals surface area (Å²) in [5, 5.41) is 9.42. The minimum absolute atomic E-state index is 0.0512. The van der Waals surface area contributed by atoms with E-state index in [1.54, 1.807) is 12.0 Å². The summed E-state index contributed by atoms with van der Waals surface area (Å²) in [6, 6.07) is 28.1. The SMILES string of the molecule is COc1ccccc1-c1nnc(SC(C)C(=O)N(C)Cc2ccccc2)n1CCc1ccccc1. The Hall–Kier alpha value is -3.58. The first-order valence-corrected chi connectivity index (χ1v) is 12.5. The lowest BCUT2D eigenvalue weighted by Gasteiger charge is -2.21. The van der Waals surface area contributed by atoms with Gasteiger partial charge in [0.2, 0.25) is 5.91 Å². The van der Waals surface area contributed by atoms with Gasteiger partial charge in [-0.3, -0.25) is 4.79 Å². The number of rotatable bonds is 10. The van der Waals surface area contributed by atoms with Crippen molar-refractivity contribution in [3.05, 3.63) is 96.1 Å². The Kier molecular flexibility index (Phi) is 8.21. The van der Waals surface area contributed by atoms with Crippen molar-refractivity contribution in [3.63, 3.8) is 0 Å². The molecule has 0 saturated heterocycles. The molecule has 1 heterocycles. The lowest BCUT2D eigenvalue weighted by Crippen LogP contribution is -2.33. The van der Waals surface area contributed by atoms with Gasteiger partial charge in [-0.2, -0.15) is 0 Å². The van der Waals surface area contributed by atoms with Crippen LogP contribution in [0.5, 0.6) is 5.75 Å². The monoisotopic (exact) mass is 486 g/mol. The lowest BCUT2D eigenvalue weighted by atomic mass is 10.1. The van der Waals surface area contributed by atoms with E-state index in [0.29, 0.717) is 13.1 Å². The maximum absolute atomic E-state index is 13.1. The molecular weight excluding hydrogens is 456 g/mol. The van der Waals surface area contributed by atoms with Crippen LogP contribution in [0.15, 0.2) is 90.1 Å². The summed E-state index contributed by atoms with van der Waals surface area (Å²) in [5.41, 5.74) is 3.21. The molecule has 3 aromatic carbocycles. The molecule has 0 aliphatic rings. The molecule has 7 heteroatoms. The highest BCUT2D eigenvalue weighted by molar-refractivity contribution is 8.00. The second-order valence-corrected chi connectivity index (χ2v) is 9.64. The third-order valence-corrected chi connectivity index (χ3v) is 6.87. The van der Waals surface area contributed by atoms with Gasteiger partial charge in [0.1, 0.15) is 5.75 Å². The number of aromatic nitrogens is 3. The van der Waals surface area contributed by atoms with Gasteiger partial charge < -0.3 is 14.2 Å². The Morgan fingerprint density at radius 2 is 1.57 bits per heavy atom. The Bertz CT molecular complexity index is 1240. The van der Waals surface area contributed by atoms with Crippen molar-refractivity contribution in [2.45, 2.75) is 36.8 Å². The third-order valence-electron chi connectivity index (χ3n) is 5.80. The van der Waals surface area contributed by atoms with E-state index in [-0.39, 0.29) is 11.2 Å². The quantitative estimate of drug-likeness (QED) is 0.283.